The average molecular weight is 391 g/mol. The summed E-state index contributed by atoms with van der Waals surface area (Å²) < 4.78 is 10.3. The predicted molar refractivity (Wildman–Crippen MR) is 100 cm³/mol. The zero-order chi connectivity index (χ0) is 19.6. The van der Waals surface area contributed by atoms with Gasteiger partial charge in [-0.05, 0) is 45.1 Å². The molecule has 0 saturated carbocycles. The molecule has 0 saturated heterocycles. The van der Waals surface area contributed by atoms with Crippen LogP contribution < -0.4 is 10.6 Å². The van der Waals surface area contributed by atoms with Crippen LogP contribution in [-0.4, -0.2) is 29.0 Å². The van der Waals surface area contributed by atoms with E-state index in [0.29, 0.717) is 16.3 Å². The first-order valence-corrected chi connectivity index (χ1v) is 9.54. The summed E-state index contributed by atoms with van der Waals surface area (Å²) in [7, 11) is 0. The summed E-state index contributed by atoms with van der Waals surface area (Å²) in [6, 6.07) is 1.57. The highest BCUT2D eigenvalue weighted by Crippen LogP contribution is 2.38. The molecule has 2 aromatic rings. The highest BCUT2D eigenvalue weighted by molar-refractivity contribution is 7.17. The van der Waals surface area contributed by atoms with Crippen molar-refractivity contribution < 1.29 is 23.6 Å². The maximum atomic E-state index is 12.8. The van der Waals surface area contributed by atoms with E-state index in [1.165, 1.54) is 25.2 Å². The van der Waals surface area contributed by atoms with Gasteiger partial charge in [-0.2, -0.15) is 0 Å². The summed E-state index contributed by atoms with van der Waals surface area (Å²) in [5.74, 6) is -0.569. The van der Waals surface area contributed by atoms with Gasteiger partial charge < -0.3 is 19.9 Å². The number of thiophene rings is 1. The minimum Gasteiger partial charge on any atom is -0.449 e. The topological polar surface area (TPSA) is 111 Å². The molecule has 0 bridgehead atoms. The maximum Gasteiger partial charge on any atom is 0.342 e. The Morgan fingerprint density at radius 1 is 1.26 bits per heavy atom. The number of nitrogens with one attached hydrogen (secondary N) is 2. The molecule has 0 aliphatic heterocycles. The largest absolute Gasteiger partial charge is 0.449 e. The number of esters is 1. The molecule has 0 aromatic carbocycles. The molecule has 0 spiro atoms. The first-order valence-electron chi connectivity index (χ1n) is 8.72. The molecule has 1 unspecified atom stereocenters. The lowest BCUT2D eigenvalue weighted by molar-refractivity contribution is -0.123. The number of hydrogen-bond acceptors (Lipinski definition) is 7. The predicted octanol–water partition coefficient (Wildman–Crippen LogP) is 3.07. The number of ether oxygens (including phenoxy) is 1. The van der Waals surface area contributed by atoms with E-state index < -0.39 is 18.0 Å². The lowest BCUT2D eigenvalue weighted by Crippen LogP contribution is -2.30. The fourth-order valence-corrected chi connectivity index (χ4v) is 4.28. The number of nitrogens with zero attached hydrogens (tertiary/aromatic N) is 1. The van der Waals surface area contributed by atoms with Crippen molar-refractivity contribution in [1.82, 2.24) is 5.16 Å². The van der Waals surface area contributed by atoms with Crippen LogP contribution in [0, 0.1) is 6.92 Å². The van der Waals surface area contributed by atoms with Crippen molar-refractivity contribution in [2.24, 2.45) is 0 Å². The second kappa shape index (κ2) is 7.91. The minimum atomic E-state index is -1.03. The second-order valence-corrected chi connectivity index (χ2v) is 7.56. The molecule has 27 heavy (non-hydrogen) atoms. The Balaban J connectivity index is 1.75. The standard InChI is InChI=1S/C18H21N3O5S/c1-9-8-14(21-26-9)20-16(23)10(2)25-18(24)15-12-6-4-5-7-13(12)27-17(15)19-11(3)22/h8,10H,4-7H2,1-3H3,(H,19,22)(H,20,21,23). The fourth-order valence-electron chi connectivity index (χ4n) is 2.96. The van der Waals surface area contributed by atoms with Gasteiger partial charge in [-0.3, -0.25) is 9.59 Å². The van der Waals surface area contributed by atoms with Gasteiger partial charge >= 0.3 is 5.97 Å². The number of anilines is 2. The van der Waals surface area contributed by atoms with Gasteiger partial charge in [0.25, 0.3) is 5.91 Å². The van der Waals surface area contributed by atoms with E-state index in [1.54, 1.807) is 13.0 Å². The SMILES string of the molecule is CC(=O)Nc1sc2c(c1C(=O)OC(C)C(=O)Nc1cc(C)on1)CCCC2. The summed E-state index contributed by atoms with van der Waals surface area (Å²) in [6.07, 6.45) is 2.64. The van der Waals surface area contributed by atoms with Crippen LogP contribution >= 0.6 is 11.3 Å². The quantitative estimate of drug-likeness (QED) is 0.758. The zero-order valence-electron chi connectivity index (χ0n) is 15.4. The molecule has 9 heteroatoms. The first kappa shape index (κ1) is 19.1. The van der Waals surface area contributed by atoms with E-state index in [0.717, 1.165) is 36.1 Å². The van der Waals surface area contributed by atoms with Crippen molar-refractivity contribution in [2.75, 3.05) is 10.6 Å². The fraction of sp³-hybridized carbons (Fsp3) is 0.444. The highest BCUT2D eigenvalue weighted by Gasteiger charge is 2.29. The van der Waals surface area contributed by atoms with Gasteiger partial charge in [0.1, 0.15) is 10.8 Å². The van der Waals surface area contributed by atoms with E-state index in [1.807, 2.05) is 0 Å². The van der Waals surface area contributed by atoms with Crippen molar-refractivity contribution >= 4 is 39.9 Å². The van der Waals surface area contributed by atoms with Gasteiger partial charge in [0, 0.05) is 17.9 Å². The Morgan fingerprint density at radius 3 is 2.67 bits per heavy atom. The molecular formula is C18H21N3O5S. The normalized spacial score (nSPS) is 14.2. The Labute approximate surface area is 160 Å². The second-order valence-electron chi connectivity index (χ2n) is 6.46. The zero-order valence-corrected chi connectivity index (χ0v) is 16.2. The van der Waals surface area contributed by atoms with Crippen molar-refractivity contribution in [3.8, 4) is 0 Å². The Hall–Kier alpha value is -2.68. The Bertz CT molecular complexity index is 886. The van der Waals surface area contributed by atoms with Crippen LogP contribution in [0.3, 0.4) is 0 Å². The lowest BCUT2D eigenvalue weighted by atomic mass is 9.95. The number of hydrogen-bond donors (Lipinski definition) is 2. The molecule has 8 nitrogen and oxygen atoms in total. The van der Waals surface area contributed by atoms with Crippen molar-refractivity contribution in [1.29, 1.82) is 0 Å². The highest BCUT2D eigenvalue weighted by atomic mass is 32.1. The minimum absolute atomic E-state index is 0.255. The Morgan fingerprint density at radius 2 is 2.00 bits per heavy atom. The summed E-state index contributed by atoms with van der Waals surface area (Å²) in [5, 5.41) is 9.41. The summed E-state index contributed by atoms with van der Waals surface area (Å²) in [6.45, 7) is 4.58. The maximum absolute atomic E-state index is 12.8. The Kier molecular flexibility index (Phi) is 5.59. The van der Waals surface area contributed by atoms with Crippen LogP contribution in [0.5, 0.6) is 0 Å². The van der Waals surface area contributed by atoms with Gasteiger partial charge in [-0.25, -0.2) is 4.79 Å². The molecule has 0 fully saturated rings. The number of rotatable bonds is 5. The van der Waals surface area contributed by atoms with Gasteiger partial charge in [0.2, 0.25) is 5.91 Å². The number of amides is 2. The van der Waals surface area contributed by atoms with Crippen LogP contribution in [0.2, 0.25) is 0 Å². The van der Waals surface area contributed by atoms with Gasteiger partial charge in [0.15, 0.2) is 11.9 Å². The monoisotopic (exact) mass is 391 g/mol. The molecule has 1 aliphatic carbocycles. The smallest absolute Gasteiger partial charge is 0.342 e. The van der Waals surface area contributed by atoms with Gasteiger partial charge in [-0.15, -0.1) is 11.3 Å². The molecular weight excluding hydrogens is 370 g/mol. The van der Waals surface area contributed by atoms with Crippen LogP contribution in [-0.2, 0) is 27.2 Å². The van der Waals surface area contributed by atoms with E-state index >= 15 is 0 Å². The van der Waals surface area contributed by atoms with Crippen molar-refractivity contribution in [3.05, 3.63) is 27.8 Å². The molecule has 3 rings (SSSR count). The number of aryl methyl sites for hydroxylation is 2. The average Bonchev–Trinajstić information content (AvgIpc) is 3.16. The van der Waals surface area contributed by atoms with Crippen LogP contribution in [0.25, 0.3) is 0 Å². The van der Waals surface area contributed by atoms with E-state index in [9.17, 15) is 14.4 Å². The van der Waals surface area contributed by atoms with Crippen LogP contribution in [0.15, 0.2) is 10.6 Å². The first-order chi connectivity index (χ1) is 12.8. The van der Waals surface area contributed by atoms with Crippen LogP contribution in [0.4, 0.5) is 10.8 Å². The van der Waals surface area contributed by atoms with Crippen molar-refractivity contribution in [3.63, 3.8) is 0 Å². The molecule has 144 valence electrons. The third kappa shape index (κ3) is 4.36. The molecule has 1 atom stereocenters. The molecule has 2 N–H and O–H groups in total. The summed E-state index contributed by atoms with van der Waals surface area (Å²) in [4.78, 5) is 37.6. The van der Waals surface area contributed by atoms with E-state index in [-0.39, 0.29) is 11.7 Å². The number of carbonyl (C=O) groups is 3. The molecule has 0 radical (unpaired) electrons. The number of aromatic nitrogens is 1. The summed E-state index contributed by atoms with van der Waals surface area (Å²) >= 11 is 1.40. The van der Waals surface area contributed by atoms with Gasteiger partial charge in [-0.1, -0.05) is 5.16 Å². The van der Waals surface area contributed by atoms with Crippen LogP contribution in [0.1, 0.15) is 53.2 Å². The molecule has 1 aliphatic rings. The van der Waals surface area contributed by atoms with Gasteiger partial charge in [0.05, 0.1) is 5.56 Å². The number of fused-ring (bicyclic) bond motifs is 1. The van der Waals surface area contributed by atoms with E-state index in [2.05, 4.69) is 15.8 Å². The van der Waals surface area contributed by atoms with Crippen molar-refractivity contribution in [2.45, 2.75) is 52.6 Å². The molecule has 2 aromatic heterocycles. The third-order valence-corrected chi connectivity index (χ3v) is 5.40. The summed E-state index contributed by atoms with van der Waals surface area (Å²) in [5.41, 5.74) is 1.28. The lowest BCUT2D eigenvalue weighted by Gasteiger charge is -2.15. The van der Waals surface area contributed by atoms with E-state index in [4.69, 9.17) is 9.26 Å². The number of carbonyl (C=O) groups excluding carboxylic acids is 3. The third-order valence-electron chi connectivity index (χ3n) is 4.20. The molecule has 2 amide bonds. The molecule has 2 heterocycles.